The Labute approximate surface area is 90.7 Å². The Morgan fingerprint density at radius 3 is 2.67 bits per heavy atom. The molecule has 0 aliphatic heterocycles. The van der Waals surface area contributed by atoms with Gasteiger partial charge in [0.05, 0.1) is 0 Å². The zero-order valence-corrected chi connectivity index (χ0v) is 9.58. The summed E-state index contributed by atoms with van der Waals surface area (Å²) in [5.74, 6) is 0.668. The average molecular weight is 206 g/mol. The van der Waals surface area contributed by atoms with Gasteiger partial charge in [-0.3, -0.25) is 4.79 Å². The molecule has 0 saturated heterocycles. The van der Waals surface area contributed by atoms with E-state index in [-0.39, 0.29) is 11.2 Å². The smallest absolute Gasteiger partial charge is 0.137 e. The van der Waals surface area contributed by atoms with Crippen LogP contribution in [0.5, 0.6) is 0 Å². The fourth-order valence-corrected chi connectivity index (χ4v) is 1.47. The highest BCUT2D eigenvalue weighted by atomic mass is 16.1. The summed E-state index contributed by atoms with van der Waals surface area (Å²) in [5.41, 5.74) is 6.53. The second-order valence-electron chi connectivity index (χ2n) is 5.00. The number of carbonyl (C=O) groups excluding carboxylic acids is 1. The monoisotopic (exact) mass is 206 g/mol. The molecule has 82 valence electrons. The van der Waals surface area contributed by atoms with E-state index >= 15 is 0 Å². The van der Waals surface area contributed by atoms with Gasteiger partial charge in [0.2, 0.25) is 0 Å². The highest BCUT2D eigenvalue weighted by molar-refractivity contribution is 5.82. The van der Waals surface area contributed by atoms with Crippen molar-refractivity contribution in [1.82, 2.24) is 4.98 Å². The fourth-order valence-electron chi connectivity index (χ4n) is 1.47. The Morgan fingerprint density at radius 1 is 1.47 bits per heavy atom. The van der Waals surface area contributed by atoms with E-state index in [4.69, 9.17) is 5.73 Å². The Morgan fingerprint density at radius 2 is 2.13 bits per heavy atom. The van der Waals surface area contributed by atoms with E-state index in [1.807, 2.05) is 6.07 Å². The normalized spacial score (nSPS) is 11.4. The quantitative estimate of drug-likeness (QED) is 0.825. The van der Waals surface area contributed by atoms with Gasteiger partial charge in [0.25, 0.3) is 0 Å². The van der Waals surface area contributed by atoms with Crippen molar-refractivity contribution >= 4 is 11.6 Å². The number of ketones is 1. The first-order valence-electron chi connectivity index (χ1n) is 5.09. The number of anilines is 1. The number of rotatable bonds is 3. The van der Waals surface area contributed by atoms with Crippen molar-refractivity contribution in [2.45, 2.75) is 33.6 Å². The van der Waals surface area contributed by atoms with Gasteiger partial charge in [-0.15, -0.1) is 0 Å². The number of nitrogens with two attached hydrogens (primary N) is 1. The predicted molar refractivity (Wildman–Crippen MR) is 61.4 cm³/mol. The van der Waals surface area contributed by atoms with E-state index in [9.17, 15) is 4.79 Å². The molecule has 3 heteroatoms. The standard InChI is InChI=1S/C12H18N2O/c1-12(2,3)8-10(15)7-9-5-4-6-14-11(9)13/h4-6H,7-8H2,1-3H3,(H2,13,14). The third-order valence-electron chi connectivity index (χ3n) is 2.04. The topological polar surface area (TPSA) is 56.0 Å². The minimum absolute atomic E-state index is 0.0358. The van der Waals surface area contributed by atoms with E-state index < -0.39 is 0 Å². The van der Waals surface area contributed by atoms with Crippen molar-refractivity contribution in [3.63, 3.8) is 0 Å². The Kier molecular flexibility index (Phi) is 3.45. The summed E-state index contributed by atoms with van der Waals surface area (Å²) in [5, 5.41) is 0. The van der Waals surface area contributed by atoms with Gasteiger partial charge in [0.1, 0.15) is 11.6 Å². The molecule has 1 aromatic rings. The zero-order valence-electron chi connectivity index (χ0n) is 9.58. The maximum absolute atomic E-state index is 11.7. The van der Waals surface area contributed by atoms with Gasteiger partial charge < -0.3 is 5.73 Å². The second-order valence-corrected chi connectivity index (χ2v) is 5.00. The first-order valence-corrected chi connectivity index (χ1v) is 5.09. The maximum Gasteiger partial charge on any atom is 0.137 e. The van der Waals surface area contributed by atoms with E-state index in [0.29, 0.717) is 18.7 Å². The number of carbonyl (C=O) groups is 1. The molecule has 0 fully saturated rings. The summed E-state index contributed by atoms with van der Waals surface area (Å²) < 4.78 is 0. The van der Waals surface area contributed by atoms with Gasteiger partial charge in [-0.25, -0.2) is 4.98 Å². The van der Waals surface area contributed by atoms with Crippen LogP contribution in [0.3, 0.4) is 0 Å². The van der Waals surface area contributed by atoms with Crippen molar-refractivity contribution < 1.29 is 4.79 Å². The molecule has 0 atom stereocenters. The van der Waals surface area contributed by atoms with Crippen LogP contribution in [-0.2, 0) is 11.2 Å². The van der Waals surface area contributed by atoms with Gasteiger partial charge in [-0.2, -0.15) is 0 Å². The number of Topliss-reactive ketones (excluding diaryl/α,β-unsaturated/α-hetero) is 1. The summed E-state index contributed by atoms with van der Waals surface area (Å²) in [4.78, 5) is 15.7. The van der Waals surface area contributed by atoms with Crippen molar-refractivity contribution in [3.8, 4) is 0 Å². The molecule has 1 aromatic heterocycles. The van der Waals surface area contributed by atoms with Gasteiger partial charge in [-0.1, -0.05) is 26.8 Å². The predicted octanol–water partition coefficient (Wildman–Crippen LogP) is 2.21. The molecule has 1 heterocycles. The molecule has 2 N–H and O–H groups in total. The van der Waals surface area contributed by atoms with Gasteiger partial charge in [0.15, 0.2) is 0 Å². The van der Waals surface area contributed by atoms with Gasteiger partial charge in [0, 0.05) is 24.6 Å². The van der Waals surface area contributed by atoms with Crippen LogP contribution < -0.4 is 5.73 Å². The van der Waals surface area contributed by atoms with E-state index in [2.05, 4.69) is 25.8 Å². The highest BCUT2D eigenvalue weighted by Gasteiger charge is 2.16. The van der Waals surface area contributed by atoms with Crippen molar-refractivity contribution in [2.75, 3.05) is 5.73 Å². The van der Waals surface area contributed by atoms with Gasteiger partial charge in [-0.05, 0) is 11.5 Å². The summed E-state index contributed by atoms with van der Waals surface area (Å²) in [6.45, 7) is 6.16. The van der Waals surface area contributed by atoms with Crippen LogP contribution in [0.15, 0.2) is 18.3 Å². The van der Waals surface area contributed by atoms with Crippen molar-refractivity contribution in [1.29, 1.82) is 0 Å². The molecule has 15 heavy (non-hydrogen) atoms. The minimum Gasteiger partial charge on any atom is -0.383 e. The first-order chi connectivity index (χ1) is 6.88. The Hall–Kier alpha value is -1.38. The molecule has 0 aliphatic rings. The molecular formula is C12H18N2O. The Balaban J connectivity index is 2.64. The summed E-state index contributed by atoms with van der Waals surface area (Å²) >= 11 is 0. The van der Waals surface area contributed by atoms with Crippen LogP contribution in [0.2, 0.25) is 0 Å². The first kappa shape index (κ1) is 11.7. The second kappa shape index (κ2) is 4.43. The molecule has 1 rings (SSSR count). The molecule has 0 radical (unpaired) electrons. The number of nitrogen functional groups attached to an aromatic ring is 1. The average Bonchev–Trinajstić information content (AvgIpc) is 2.05. The lowest BCUT2D eigenvalue weighted by Gasteiger charge is -2.16. The van der Waals surface area contributed by atoms with Crippen LogP contribution in [0.1, 0.15) is 32.8 Å². The SMILES string of the molecule is CC(C)(C)CC(=O)Cc1cccnc1N. The molecule has 0 amide bonds. The molecule has 0 spiro atoms. The summed E-state index contributed by atoms with van der Waals surface area (Å²) in [6.07, 6.45) is 2.59. The van der Waals surface area contributed by atoms with E-state index in [1.165, 1.54) is 0 Å². The van der Waals surface area contributed by atoms with Crippen molar-refractivity contribution in [3.05, 3.63) is 23.9 Å². The van der Waals surface area contributed by atoms with Gasteiger partial charge >= 0.3 is 0 Å². The number of pyridine rings is 1. The molecule has 0 aromatic carbocycles. The van der Waals surface area contributed by atoms with E-state index in [1.54, 1.807) is 12.3 Å². The number of hydrogen-bond acceptors (Lipinski definition) is 3. The third-order valence-corrected chi connectivity index (χ3v) is 2.04. The van der Waals surface area contributed by atoms with Crippen LogP contribution >= 0.6 is 0 Å². The van der Waals surface area contributed by atoms with Crippen LogP contribution in [0, 0.1) is 5.41 Å². The van der Waals surface area contributed by atoms with Crippen LogP contribution in [0.25, 0.3) is 0 Å². The maximum atomic E-state index is 11.7. The molecule has 0 bridgehead atoms. The number of aromatic nitrogens is 1. The molecule has 0 unspecified atom stereocenters. The summed E-state index contributed by atoms with van der Waals surface area (Å²) in [7, 11) is 0. The third kappa shape index (κ3) is 4.11. The number of nitrogens with zero attached hydrogens (tertiary/aromatic N) is 1. The fraction of sp³-hybridized carbons (Fsp3) is 0.500. The Bertz CT molecular complexity index is 353. The van der Waals surface area contributed by atoms with Crippen LogP contribution in [0.4, 0.5) is 5.82 Å². The summed E-state index contributed by atoms with van der Waals surface area (Å²) in [6, 6.07) is 3.65. The molecule has 3 nitrogen and oxygen atoms in total. The molecular weight excluding hydrogens is 188 g/mol. The van der Waals surface area contributed by atoms with Crippen LogP contribution in [-0.4, -0.2) is 10.8 Å². The zero-order chi connectivity index (χ0) is 11.5. The van der Waals surface area contributed by atoms with E-state index in [0.717, 1.165) is 5.56 Å². The lowest BCUT2D eigenvalue weighted by atomic mass is 9.88. The largest absolute Gasteiger partial charge is 0.383 e. The molecule has 0 saturated carbocycles. The minimum atomic E-state index is 0.0358. The molecule has 0 aliphatic carbocycles. The lowest BCUT2D eigenvalue weighted by molar-refractivity contribution is -0.120. The lowest BCUT2D eigenvalue weighted by Crippen LogP contribution is -2.15. The number of hydrogen-bond donors (Lipinski definition) is 1. The highest BCUT2D eigenvalue weighted by Crippen LogP contribution is 2.20. The van der Waals surface area contributed by atoms with Crippen molar-refractivity contribution in [2.24, 2.45) is 5.41 Å².